The van der Waals surface area contributed by atoms with Crippen LogP contribution in [0.5, 0.6) is 0 Å². The van der Waals surface area contributed by atoms with E-state index in [0.29, 0.717) is 6.42 Å². The standard InChI is InChI=1S/C12H15F3N2O2S/c1-16-11(8-3-5-20(18,19)7-8)9-6-17-4-2-10(9)12(13,14)15/h2,4,6,8,11,16H,3,5,7H2,1H3. The molecule has 0 aliphatic carbocycles. The predicted molar refractivity (Wildman–Crippen MR) is 67.8 cm³/mol. The molecule has 20 heavy (non-hydrogen) atoms. The number of alkyl halides is 3. The normalized spacial score (nSPS) is 23.7. The molecule has 2 rings (SSSR count). The number of rotatable bonds is 3. The van der Waals surface area contributed by atoms with Crippen molar-refractivity contribution in [1.82, 2.24) is 10.3 Å². The zero-order chi connectivity index (χ0) is 15.0. The van der Waals surface area contributed by atoms with Crippen molar-refractivity contribution in [3.05, 3.63) is 29.6 Å². The third kappa shape index (κ3) is 3.12. The Balaban J connectivity index is 2.38. The van der Waals surface area contributed by atoms with E-state index in [4.69, 9.17) is 0 Å². The van der Waals surface area contributed by atoms with Crippen LogP contribution in [0.3, 0.4) is 0 Å². The first-order valence-electron chi connectivity index (χ1n) is 6.13. The first kappa shape index (κ1) is 15.2. The lowest BCUT2D eigenvalue weighted by Gasteiger charge is -2.25. The van der Waals surface area contributed by atoms with Crippen LogP contribution < -0.4 is 5.32 Å². The molecule has 1 fully saturated rings. The highest BCUT2D eigenvalue weighted by Gasteiger charge is 2.39. The molecule has 0 spiro atoms. The lowest BCUT2D eigenvalue weighted by atomic mass is 9.90. The summed E-state index contributed by atoms with van der Waals surface area (Å²) in [5.74, 6) is -0.433. The van der Waals surface area contributed by atoms with Gasteiger partial charge < -0.3 is 5.32 Å². The minimum atomic E-state index is -4.48. The molecule has 2 heterocycles. The van der Waals surface area contributed by atoms with Crippen molar-refractivity contribution in [3.8, 4) is 0 Å². The quantitative estimate of drug-likeness (QED) is 0.925. The van der Waals surface area contributed by atoms with Gasteiger partial charge in [0.15, 0.2) is 9.84 Å². The molecular weight excluding hydrogens is 293 g/mol. The summed E-state index contributed by atoms with van der Waals surface area (Å²) in [6.07, 6.45) is -1.87. The maximum absolute atomic E-state index is 13.0. The highest BCUT2D eigenvalue weighted by Crippen LogP contribution is 2.38. The fourth-order valence-electron chi connectivity index (χ4n) is 2.64. The van der Waals surface area contributed by atoms with E-state index in [2.05, 4.69) is 10.3 Å². The van der Waals surface area contributed by atoms with Gasteiger partial charge in [0.1, 0.15) is 0 Å². The summed E-state index contributed by atoms with van der Waals surface area (Å²) >= 11 is 0. The van der Waals surface area contributed by atoms with Crippen molar-refractivity contribution in [2.45, 2.75) is 18.6 Å². The number of hydrogen-bond acceptors (Lipinski definition) is 4. The number of sulfone groups is 1. The van der Waals surface area contributed by atoms with Crippen LogP contribution >= 0.6 is 0 Å². The molecule has 1 aliphatic rings. The van der Waals surface area contributed by atoms with E-state index in [-0.39, 0.29) is 23.0 Å². The van der Waals surface area contributed by atoms with Crippen molar-refractivity contribution < 1.29 is 21.6 Å². The van der Waals surface area contributed by atoms with Crippen molar-refractivity contribution in [1.29, 1.82) is 0 Å². The maximum atomic E-state index is 13.0. The van der Waals surface area contributed by atoms with Crippen LogP contribution in [0.1, 0.15) is 23.6 Å². The van der Waals surface area contributed by atoms with Gasteiger partial charge in [0, 0.05) is 18.4 Å². The van der Waals surface area contributed by atoms with E-state index in [0.717, 1.165) is 18.5 Å². The Morgan fingerprint density at radius 1 is 1.45 bits per heavy atom. The van der Waals surface area contributed by atoms with Gasteiger partial charge in [0.25, 0.3) is 0 Å². The number of nitrogens with zero attached hydrogens (tertiary/aromatic N) is 1. The van der Waals surface area contributed by atoms with E-state index >= 15 is 0 Å². The third-order valence-corrected chi connectivity index (χ3v) is 5.34. The van der Waals surface area contributed by atoms with Crippen LogP contribution in [-0.4, -0.2) is 32.0 Å². The van der Waals surface area contributed by atoms with Crippen LogP contribution in [0.2, 0.25) is 0 Å². The smallest absolute Gasteiger partial charge is 0.313 e. The van der Waals surface area contributed by atoms with Gasteiger partial charge in [0.2, 0.25) is 0 Å². The molecule has 8 heteroatoms. The summed E-state index contributed by atoms with van der Waals surface area (Å²) in [6, 6.07) is 0.251. The summed E-state index contributed by atoms with van der Waals surface area (Å²) < 4.78 is 62.0. The predicted octanol–water partition coefficient (Wildman–Crippen LogP) is 1.80. The van der Waals surface area contributed by atoms with Crippen molar-refractivity contribution >= 4 is 9.84 Å². The number of halogens is 3. The van der Waals surface area contributed by atoms with Crippen LogP contribution in [0.25, 0.3) is 0 Å². The lowest BCUT2D eigenvalue weighted by molar-refractivity contribution is -0.138. The van der Waals surface area contributed by atoms with Crippen LogP contribution in [0.15, 0.2) is 18.5 Å². The first-order chi connectivity index (χ1) is 9.24. The molecule has 1 saturated heterocycles. The van der Waals surface area contributed by atoms with Gasteiger partial charge in [-0.3, -0.25) is 4.98 Å². The number of nitrogens with one attached hydrogen (secondary N) is 1. The Morgan fingerprint density at radius 3 is 2.65 bits per heavy atom. The minimum absolute atomic E-state index is 0.00426. The Bertz CT molecular complexity index is 587. The molecule has 0 saturated carbocycles. The molecule has 1 N–H and O–H groups in total. The van der Waals surface area contributed by atoms with Crippen LogP contribution in [-0.2, 0) is 16.0 Å². The molecule has 0 radical (unpaired) electrons. The summed E-state index contributed by atoms with van der Waals surface area (Å²) in [5, 5.41) is 2.81. The number of aromatic nitrogens is 1. The fourth-order valence-corrected chi connectivity index (χ4v) is 4.48. The molecule has 1 aromatic heterocycles. The first-order valence-corrected chi connectivity index (χ1v) is 7.95. The zero-order valence-electron chi connectivity index (χ0n) is 10.8. The molecule has 0 bridgehead atoms. The van der Waals surface area contributed by atoms with Gasteiger partial charge in [-0.25, -0.2) is 8.42 Å². The van der Waals surface area contributed by atoms with Gasteiger partial charge in [-0.05, 0) is 31.0 Å². The molecule has 0 amide bonds. The maximum Gasteiger partial charge on any atom is 0.416 e. The SMILES string of the molecule is CNC(c1cnccc1C(F)(F)F)C1CCS(=O)(=O)C1. The van der Waals surface area contributed by atoms with Gasteiger partial charge in [0.05, 0.1) is 17.1 Å². The van der Waals surface area contributed by atoms with Gasteiger partial charge >= 0.3 is 6.18 Å². The molecule has 0 aromatic carbocycles. The second-order valence-corrected chi connectivity index (χ2v) is 7.12. The van der Waals surface area contributed by atoms with Gasteiger partial charge in [-0.2, -0.15) is 13.2 Å². The highest BCUT2D eigenvalue weighted by atomic mass is 32.2. The van der Waals surface area contributed by atoms with Crippen LogP contribution in [0.4, 0.5) is 13.2 Å². The molecule has 1 aromatic rings. The molecule has 112 valence electrons. The summed E-state index contributed by atoms with van der Waals surface area (Å²) in [5.41, 5.74) is -0.763. The van der Waals surface area contributed by atoms with E-state index in [9.17, 15) is 21.6 Å². The molecule has 4 nitrogen and oxygen atoms in total. The fraction of sp³-hybridized carbons (Fsp3) is 0.583. The molecular formula is C12H15F3N2O2S. The summed E-state index contributed by atoms with van der Waals surface area (Å²) in [6.45, 7) is 0. The summed E-state index contributed by atoms with van der Waals surface area (Å²) in [4.78, 5) is 3.75. The number of pyridine rings is 1. The Morgan fingerprint density at radius 2 is 2.15 bits per heavy atom. The third-order valence-electron chi connectivity index (χ3n) is 3.54. The largest absolute Gasteiger partial charge is 0.416 e. The second kappa shape index (κ2) is 5.33. The average molecular weight is 308 g/mol. The molecule has 1 aliphatic heterocycles. The van der Waals surface area contributed by atoms with Crippen molar-refractivity contribution in [2.75, 3.05) is 18.6 Å². The highest BCUT2D eigenvalue weighted by molar-refractivity contribution is 7.91. The van der Waals surface area contributed by atoms with E-state index in [1.807, 2.05) is 0 Å². The Kier molecular flexibility index (Phi) is 4.06. The van der Waals surface area contributed by atoms with Crippen molar-refractivity contribution in [3.63, 3.8) is 0 Å². The number of hydrogen-bond donors (Lipinski definition) is 1. The second-order valence-electron chi connectivity index (χ2n) is 4.89. The monoisotopic (exact) mass is 308 g/mol. The lowest BCUT2D eigenvalue weighted by Crippen LogP contribution is -2.28. The Labute approximate surface area is 115 Å². The zero-order valence-corrected chi connectivity index (χ0v) is 11.6. The van der Waals surface area contributed by atoms with E-state index < -0.39 is 27.6 Å². The van der Waals surface area contributed by atoms with Crippen molar-refractivity contribution in [2.24, 2.45) is 5.92 Å². The van der Waals surface area contributed by atoms with Crippen LogP contribution in [0, 0.1) is 5.92 Å². The summed E-state index contributed by atoms with van der Waals surface area (Å²) in [7, 11) is -1.62. The van der Waals surface area contributed by atoms with E-state index in [1.54, 1.807) is 0 Å². The Hall–Kier alpha value is -1.15. The topological polar surface area (TPSA) is 59.1 Å². The molecule has 2 unspecified atom stereocenters. The minimum Gasteiger partial charge on any atom is -0.313 e. The van der Waals surface area contributed by atoms with Gasteiger partial charge in [-0.15, -0.1) is 0 Å². The average Bonchev–Trinajstić information content (AvgIpc) is 2.70. The van der Waals surface area contributed by atoms with Gasteiger partial charge in [-0.1, -0.05) is 0 Å². The van der Waals surface area contributed by atoms with E-state index in [1.165, 1.54) is 7.05 Å². The molecule has 2 atom stereocenters.